The van der Waals surface area contributed by atoms with E-state index in [1.54, 1.807) is 18.6 Å². The second-order valence-electron chi connectivity index (χ2n) is 10.9. The Balaban J connectivity index is 1.19. The van der Waals surface area contributed by atoms with Crippen molar-refractivity contribution in [2.24, 2.45) is 11.8 Å². The van der Waals surface area contributed by atoms with Crippen molar-refractivity contribution < 1.29 is 9.90 Å². The molecule has 0 aliphatic carbocycles. The molecule has 38 heavy (non-hydrogen) atoms. The zero-order valence-corrected chi connectivity index (χ0v) is 22.2. The minimum atomic E-state index is -1.13. The van der Waals surface area contributed by atoms with Gasteiger partial charge in [-0.15, -0.1) is 0 Å². The van der Waals surface area contributed by atoms with E-state index in [-0.39, 0.29) is 17.7 Å². The van der Waals surface area contributed by atoms with E-state index in [0.717, 1.165) is 62.1 Å². The normalized spacial score (nSPS) is 19.3. The van der Waals surface area contributed by atoms with E-state index in [1.807, 2.05) is 54.3 Å². The molecule has 0 spiro atoms. The maximum atomic E-state index is 13.4. The van der Waals surface area contributed by atoms with Gasteiger partial charge >= 0.3 is 0 Å². The van der Waals surface area contributed by atoms with Crippen LogP contribution in [0.2, 0.25) is 0 Å². The van der Waals surface area contributed by atoms with Gasteiger partial charge in [-0.2, -0.15) is 0 Å². The molecule has 2 saturated heterocycles. The minimum Gasteiger partial charge on any atom is -0.384 e. The number of aryl methyl sites for hydroxylation is 1. The first-order chi connectivity index (χ1) is 18.4. The number of pyridine rings is 3. The molecule has 1 amide bonds. The number of nitrogens with zero attached hydrogens (tertiary/aromatic N) is 5. The molecule has 3 aromatic heterocycles. The number of anilines is 1. The number of rotatable bonds is 7. The number of hydrogen-bond donors (Lipinski definition) is 2. The van der Waals surface area contributed by atoms with Gasteiger partial charge in [-0.3, -0.25) is 19.7 Å². The Morgan fingerprint density at radius 3 is 2.42 bits per heavy atom. The van der Waals surface area contributed by atoms with E-state index >= 15 is 0 Å². The van der Waals surface area contributed by atoms with Crippen LogP contribution >= 0.6 is 0 Å². The van der Waals surface area contributed by atoms with Crippen molar-refractivity contribution in [1.29, 1.82) is 0 Å². The Bertz CT molecular complexity index is 1220. The lowest BCUT2D eigenvalue weighted by Crippen LogP contribution is -2.49. The predicted octanol–water partition coefficient (Wildman–Crippen LogP) is 3.34. The number of carbonyl (C=O) groups excluding carboxylic acids is 1. The van der Waals surface area contributed by atoms with Gasteiger partial charge in [-0.1, -0.05) is 6.07 Å². The van der Waals surface area contributed by atoms with Crippen molar-refractivity contribution in [2.45, 2.75) is 51.2 Å². The van der Waals surface area contributed by atoms with Crippen LogP contribution in [0.15, 0.2) is 61.1 Å². The van der Waals surface area contributed by atoms with Crippen molar-refractivity contribution in [3.05, 3.63) is 83.6 Å². The summed E-state index contributed by atoms with van der Waals surface area (Å²) < 4.78 is 0. The van der Waals surface area contributed by atoms with Crippen molar-refractivity contribution >= 4 is 11.7 Å². The molecule has 200 valence electrons. The van der Waals surface area contributed by atoms with Crippen LogP contribution in [0, 0.1) is 18.8 Å². The average Bonchev–Trinajstić information content (AvgIpc) is 2.94. The fourth-order valence-electron chi connectivity index (χ4n) is 6.06. The summed E-state index contributed by atoms with van der Waals surface area (Å²) in [5, 5.41) is 12.1. The van der Waals surface area contributed by atoms with Crippen molar-refractivity contribution in [3.8, 4) is 0 Å². The molecule has 0 bridgehead atoms. The van der Waals surface area contributed by atoms with E-state index in [0.29, 0.717) is 31.0 Å². The number of likely N-dealkylation sites (tertiary alicyclic amines) is 2. The molecule has 1 unspecified atom stereocenters. The molecule has 0 aromatic carbocycles. The van der Waals surface area contributed by atoms with Gasteiger partial charge in [0.05, 0.1) is 5.69 Å². The van der Waals surface area contributed by atoms with Gasteiger partial charge in [-0.05, 0) is 99.1 Å². The summed E-state index contributed by atoms with van der Waals surface area (Å²) in [5.74, 6) is 0.869. The molecule has 3 N–H and O–H groups in total. The average molecular weight is 515 g/mol. The smallest absolute Gasteiger partial charge is 0.225 e. The van der Waals surface area contributed by atoms with Crippen LogP contribution in [-0.4, -0.2) is 61.9 Å². The Kier molecular flexibility index (Phi) is 8.00. The first-order valence-electron chi connectivity index (χ1n) is 13.7. The highest BCUT2D eigenvalue weighted by Gasteiger charge is 2.43. The van der Waals surface area contributed by atoms with Gasteiger partial charge in [0, 0.05) is 56.3 Å². The lowest BCUT2D eigenvalue weighted by molar-refractivity contribution is -0.140. The maximum Gasteiger partial charge on any atom is 0.225 e. The molecule has 0 saturated carbocycles. The van der Waals surface area contributed by atoms with E-state index in [2.05, 4.69) is 19.9 Å². The molecule has 2 aliphatic rings. The summed E-state index contributed by atoms with van der Waals surface area (Å²) in [4.78, 5) is 30.9. The van der Waals surface area contributed by atoms with Crippen LogP contribution in [0.3, 0.4) is 0 Å². The minimum absolute atomic E-state index is 0.00147. The first-order valence-corrected chi connectivity index (χ1v) is 13.7. The first kappa shape index (κ1) is 26.3. The highest BCUT2D eigenvalue weighted by molar-refractivity contribution is 5.79. The highest BCUT2D eigenvalue weighted by Crippen LogP contribution is 2.39. The molecule has 1 atom stereocenters. The third kappa shape index (κ3) is 6.03. The third-order valence-corrected chi connectivity index (χ3v) is 8.20. The lowest BCUT2D eigenvalue weighted by atomic mass is 9.75. The fraction of sp³-hybridized carbons (Fsp3) is 0.467. The summed E-state index contributed by atoms with van der Waals surface area (Å²) in [6.45, 7) is 6.00. The number of piperidine rings is 2. The van der Waals surface area contributed by atoms with Gasteiger partial charge in [0.25, 0.3) is 0 Å². The Labute approximate surface area is 224 Å². The van der Waals surface area contributed by atoms with Crippen LogP contribution in [0.1, 0.15) is 48.2 Å². The molecule has 3 aromatic rings. The second kappa shape index (κ2) is 11.6. The SMILES string of the molecule is Cc1ccnc(CC(O)(c2ccccn2)C2CCN(C(=O)C3CCN(Cc4ccnc(N)c4)CC3)CC2)c1. The Morgan fingerprint density at radius 1 is 0.974 bits per heavy atom. The van der Waals surface area contributed by atoms with Gasteiger partial charge in [-0.25, -0.2) is 4.98 Å². The number of amides is 1. The number of carbonyl (C=O) groups is 1. The number of nitrogens with two attached hydrogens (primary N) is 1. The van der Waals surface area contributed by atoms with Crippen molar-refractivity contribution in [1.82, 2.24) is 24.8 Å². The number of nitrogen functional groups attached to an aromatic ring is 1. The molecule has 8 nitrogen and oxygen atoms in total. The maximum absolute atomic E-state index is 13.4. The van der Waals surface area contributed by atoms with Crippen LogP contribution < -0.4 is 5.73 Å². The van der Waals surface area contributed by atoms with E-state index in [1.165, 1.54) is 0 Å². The molecule has 0 radical (unpaired) electrons. The predicted molar refractivity (Wildman–Crippen MR) is 147 cm³/mol. The standard InChI is InChI=1S/C30H38N6O2/c1-22-5-12-32-26(18-22)20-30(38,27-4-2-3-11-33-27)25-9-16-36(17-10-25)29(37)24-7-14-35(15-8-24)21-23-6-13-34-28(31)19-23/h2-6,11-13,18-19,24-25,38H,7-10,14-17,20-21H2,1H3,(H2,31,34). The molecule has 8 heteroatoms. The Morgan fingerprint density at radius 2 is 1.74 bits per heavy atom. The van der Waals surface area contributed by atoms with Crippen LogP contribution in [-0.2, 0) is 23.4 Å². The molecule has 2 fully saturated rings. The van der Waals surface area contributed by atoms with Crippen molar-refractivity contribution in [2.75, 3.05) is 31.9 Å². The fourth-order valence-corrected chi connectivity index (χ4v) is 6.06. The Hall–Kier alpha value is -3.36. The summed E-state index contributed by atoms with van der Waals surface area (Å²) in [6, 6.07) is 13.6. The third-order valence-electron chi connectivity index (χ3n) is 8.20. The van der Waals surface area contributed by atoms with Gasteiger partial charge < -0.3 is 15.7 Å². The zero-order chi connectivity index (χ0) is 26.5. The van der Waals surface area contributed by atoms with Crippen LogP contribution in [0.5, 0.6) is 0 Å². The summed E-state index contributed by atoms with van der Waals surface area (Å²) >= 11 is 0. The number of aromatic nitrogens is 3. The molecular formula is C30H38N6O2. The lowest BCUT2D eigenvalue weighted by Gasteiger charge is -2.42. The van der Waals surface area contributed by atoms with Gasteiger partial charge in [0.15, 0.2) is 0 Å². The van der Waals surface area contributed by atoms with E-state index < -0.39 is 5.60 Å². The highest BCUT2D eigenvalue weighted by atomic mass is 16.3. The molecule has 5 heterocycles. The number of aliphatic hydroxyl groups is 1. The van der Waals surface area contributed by atoms with Crippen LogP contribution in [0.25, 0.3) is 0 Å². The molecule has 2 aliphatic heterocycles. The van der Waals surface area contributed by atoms with Gasteiger partial charge in [0.1, 0.15) is 11.4 Å². The zero-order valence-electron chi connectivity index (χ0n) is 22.2. The van der Waals surface area contributed by atoms with Gasteiger partial charge in [0.2, 0.25) is 5.91 Å². The summed E-state index contributed by atoms with van der Waals surface area (Å²) in [5.41, 5.74) is 8.51. The van der Waals surface area contributed by atoms with E-state index in [9.17, 15) is 9.90 Å². The van der Waals surface area contributed by atoms with Crippen molar-refractivity contribution in [3.63, 3.8) is 0 Å². The number of hydrogen-bond acceptors (Lipinski definition) is 7. The topological polar surface area (TPSA) is 108 Å². The molecule has 5 rings (SSSR count). The van der Waals surface area contributed by atoms with E-state index in [4.69, 9.17) is 5.73 Å². The molecular weight excluding hydrogens is 476 g/mol. The summed E-state index contributed by atoms with van der Waals surface area (Å²) in [6.07, 6.45) is 8.91. The quantitative estimate of drug-likeness (QED) is 0.498. The summed E-state index contributed by atoms with van der Waals surface area (Å²) in [7, 11) is 0. The second-order valence-corrected chi connectivity index (χ2v) is 10.9. The van der Waals surface area contributed by atoms with Crippen LogP contribution in [0.4, 0.5) is 5.82 Å². The largest absolute Gasteiger partial charge is 0.384 e. The monoisotopic (exact) mass is 514 g/mol.